The van der Waals surface area contributed by atoms with E-state index in [-0.39, 0.29) is 34.1 Å². The lowest BCUT2D eigenvalue weighted by Gasteiger charge is -2.27. The van der Waals surface area contributed by atoms with Crippen molar-refractivity contribution in [3.8, 4) is 24.3 Å². The van der Waals surface area contributed by atoms with E-state index in [0.717, 1.165) is 24.3 Å². The number of hydrogen-bond donors (Lipinski definition) is 0. The Morgan fingerprint density at radius 1 is 0.348 bits per heavy atom. The molecule has 4 aliphatic heterocycles. The van der Waals surface area contributed by atoms with Crippen molar-refractivity contribution in [3.05, 3.63) is 140 Å². The molecule has 0 aromatic heterocycles. The smallest absolute Gasteiger partial charge is 0.184 e. The molecule has 66 heavy (non-hydrogen) atoms. The van der Waals surface area contributed by atoms with Gasteiger partial charge >= 0.3 is 0 Å². The molecule has 0 saturated carbocycles. The average Bonchev–Trinajstić information content (AvgIpc) is 3.30. The first-order valence-corrected chi connectivity index (χ1v) is 20.7. The molecular weight excluding hydrogens is 875 g/mol. The number of rotatable bonds is 4. The maximum Gasteiger partial charge on any atom is 0.184 e. The number of nitrogens with zero attached hydrogens (tertiary/aromatic N) is 4. The molecule has 4 aliphatic rings. The molecule has 0 aliphatic carbocycles. The van der Waals surface area contributed by atoms with Crippen molar-refractivity contribution in [1.29, 1.82) is 21.0 Å². The van der Waals surface area contributed by atoms with E-state index in [2.05, 4.69) is 0 Å². The van der Waals surface area contributed by atoms with Gasteiger partial charge in [0.15, 0.2) is 25.2 Å². The van der Waals surface area contributed by atoms with Crippen LogP contribution in [0.2, 0.25) is 0 Å². The highest BCUT2D eigenvalue weighted by Crippen LogP contribution is 2.30. The number of nitriles is 4. The molecule has 0 radical (unpaired) electrons. The molecule has 0 spiro atoms. The number of benzene rings is 4. The van der Waals surface area contributed by atoms with Crippen LogP contribution < -0.4 is 0 Å². The molecule has 18 heteroatoms. The van der Waals surface area contributed by atoms with Gasteiger partial charge in [-0.15, -0.1) is 0 Å². The fraction of sp³-hybridized carbons (Fsp3) is 0.417. The molecule has 4 aromatic carbocycles. The molecule has 4 saturated heterocycles. The van der Waals surface area contributed by atoms with Gasteiger partial charge in [0.2, 0.25) is 0 Å². The zero-order chi connectivity index (χ0) is 47.9. The molecule has 348 valence electrons. The summed E-state index contributed by atoms with van der Waals surface area (Å²) in [5.41, 5.74) is 0.639. The van der Waals surface area contributed by atoms with Crippen molar-refractivity contribution < 1.29 is 64.2 Å². The first-order chi connectivity index (χ1) is 31.6. The van der Waals surface area contributed by atoms with Crippen LogP contribution in [0.4, 0.5) is 26.3 Å². The Labute approximate surface area is 378 Å². The summed E-state index contributed by atoms with van der Waals surface area (Å²) in [5.74, 6) is -3.41. The molecule has 4 heterocycles. The maximum absolute atomic E-state index is 13.4. The van der Waals surface area contributed by atoms with Gasteiger partial charge < -0.3 is 37.9 Å². The normalized spacial score (nSPS) is 24.7. The Balaban J connectivity index is 0.000000165. The summed E-state index contributed by atoms with van der Waals surface area (Å²) in [6.07, 6.45) is -2.55. The van der Waals surface area contributed by atoms with Gasteiger partial charge in [0.1, 0.15) is 70.3 Å². The standard InChI is InChI=1S/2C12H11F2NO2.2C12H12FNO2/c2*1-7-5-16-12(17-6-7)8-2-10(13)9(4-15)11(14)3-8;2*1-8-6-15-12(16-7-8)9-2-3-10(5-14)11(13)4-9/h2*2-3,7,12H,5-6H2,1H3;2*2-4,8,12H,6-7H2,1H3. The molecular formula is C48H46F6N4O8. The van der Waals surface area contributed by atoms with Crippen molar-refractivity contribution >= 4 is 0 Å². The van der Waals surface area contributed by atoms with E-state index in [1.165, 1.54) is 36.4 Å². The highest BCUT2D eigenvalue weighted by molar-refractivity contribution is 5.37. The Hall–Kier alpha value is -5.90. The van der Waals surface area contributed by atoms with Gasteiger partial charge in [-0.25, -0.2) is 26.3 Å². The zero-order valence-corrected chi connectivity index (χ0v) is 36.4. The minimum atomic E-state index is -0.895. The molecule has 0 N–H and O–H groups in total. The average molecular weight is 921 g/mol. The summed E-state index contributed by atoms with van der Waals surface area (Å²) in [7, 11) is 0. The molecule has 0 amide bonds. The van der Waals surface area contributed by atoms with Gasteiger partial charge in [-0.1, -0.05) is 39.8 Å². The Morgan fingerprint density at radius 2 is 0.576 bits per heavy atom. The summed E-state index contributed by atoms with van der Waals surface area (Å²) >= 11 is 0. The quantitative estimate of drug-likeness (QED) is 0.178. The summed E-state index contributed by atoms with van der Waals surface area (Å²) in [6, 6.07) is 19.5. The van der Waals surface area contributed by atoms with E-state index in [9.17, 15) is 26.3 Å². The van der Waals surface area contributed by atoms with E-state index in [4.69, 9.17) is 58.9 Å². The lowest BCUT2D eigenvalue weighted by molar-refractivity contribution is -0.202. The highest BCUT2D eigenvalue weighted by Gasteiger charge is 2.26. The van der Waals surface area contributed by atoms with Gasteiger partial charge in [-0.05, 0) is 48.5 Å². The van der Waals surface area contributed by atoms with Gasteiger partial charge in [0.05, 0.1) is 64.0 Å². The van der Waals surface area contributed by atoms with Crippen LogP contribution >= 0.6 is 0 Å². The van der Waals surface area contributed by atoms with Gasteiger partial charge in [-0.2, -0.15) is 21.0 Å². The Morgan fingerprint density at radius 3 is 0.788 bits per heavy atom. The van der Waals surface area contributed by atoms with Crippen LogP contribution in [0.3, 0.4) is 0 Å². The predicted molar refractivity (Wildman–Crippen MR) is 220 cm³/mol. The molecule has 0 atom stereocenters. The summed E-state index contributed by atoms with van der Waals surface area (Å²) < 4.78 is 123. The Kier molecular flexibility index (Phi) is 19.0. The second-order valence-corrected chi connectivity index (χ2v) is 16.1. The summed E-state index contributed by atoms with van der Waals surface area (Å²) in [6.45, 7) is 12.3. The van der Waals surface area contributed by atoms with Crippen molar-refractivity contribution in [2.24, 2.45) is 23.7 Å². The van der Waals surface area contributed by atoms with Crippen LogP contribution in [-0.4, -0.2) is 52.9 Å². The van der Waals surface area contributed by atoms with Crippen LogP contribution in [-0.2, 0) is 37.9 Å². The molecule has 0 bridgehead atoms. The minimum Gasteiger partial charge on any atom is -0.348 e. The molecule has 12 nitrogen and oxygen atoms in total. The van der Waals surface area contributed by atoms with Crippen LogP contribution in [0.25, 0.3) is 0 Å². The van der Waals surface area contributed by atoms with Gasteiger partial charge in [0.25, 0.3) is 0 Å². The molecule has 4 aromatic rings. The predicted octanol–water partition coefficient (Wildman–Crippen LogP) is 9.79. The van der Waals surface area contributed by atoms with E-state index in [1.807, 2.05) is 27.7 Å². The fourth-order valence-electron chi connectivity index (χ4n) is 6.38. The second-order valence-electron chi connectivity index (χ2n) is 16.1. The van der Waals surface area contributed by atoms with Crippen LogP contribution in [0.1, 0.15) is 97.4 Å². The van der Waals surface area contributed by atoms with Crippen molar-refractivity contribution in [1.82, 2.24) is 0 Å². The van der Waals surface area contributed by atoms with Crippen LogP contribution in [0.5, 0.6) is 0 Å². The SMILES string of the molecule is CC1COC(c2cc(F)c(C#N)c(F)c2)OC1.CC1COC(c2cc(F)c(C#N)c(F)c2)OC1.CC1COC(c2ccc(C#N)c(F)c2)OC1.CC1COC(c2ccc(C#N)c(F)c2)OC1. The lowest BCUT2D eigenvalue weighted by atomic mass is 10.1. The van der Waals surface area contributed by atoms with Crippen molar-refractivity contribution in [3.63, 3.8) is 0 Å². The summed E-state index contributed by atoms with van der Waals surface area (Å²) in [4.78, 5) is 0. The van der Waals surface area contributed by atoms with Gasteiger partial charge in [-0.3, -0.25) is 0 Å². The fourth-order valence-corrected chi connectivity index (χ4v) is 6.38. The van der Waals surface area contributed by atoms with Crippen molar-refractivity contribution in [2.75, 3.05) is 52.9 Å². The van der Waals surface area contributed by atoms with E-state index < -0.39 is 71.2 Å². The van der Waals surface area contributed by atoms with E-state index >= 15 is 0 Å². The number of hydrogen-bond acceptors (Lipinski definition) is 12. The van der Waals surface area contributed by atoms with Crippen LogP contribution in [0, 0.1) is 104 Å². The zero-order valence-electron chi connectivity index (χ0n) is 36.4. The lowest BCUT2D eigenvalue weighted by Crippen LogP contribution is -2.25. The number of ether oxygens (including phenoxy) is 8. The molecule has 0 unspecified atom stereocenters. The first kappa shape index (κ1) is 51.1. The second kappa shape index (κ2) is 24.6. The maximum atomic E-state index is 13.4. The molecule has 8 rings (SSSR count). The first-order valence-electron chi connectivity index (χ1n) is 20.7. The third kappa shape index (κ3) is 14.1. The highest BCUT2D eigenvalue weighted by atomic mass is 19.2. The minimum absolute atomic E-state index is 0.0351. The topological polar surface area (TPSA) is 169 Å². The van der Waals surface area contributed by atoms with Crippen LogP contribution in [0.15, 0.2) is 60.7 Å². The van der Waals surface area contributed by atoms with Crippen molar-refractivity contribution in [2.45, 2.75) is 52.9 Å². The van der Waals surface area contributed by atoms with Gasteiger partial charge in [0, 0.05) is 45.9 Å². The monoisotopic (exact) mass is 920 g/mol. The third-order valence-corrected chi connectivity index (χ3v) is 9.93. The molecule has 4 fully saturated rings. The Bertz CT molecular complexity index is 2220. The largest absolute Gasteiger partial charge is 0.348 e. The third-order valence-electron chi connectivity index (χ3n) is 9.93. The van der Waals surface area contributed by atoms with E-state index in [1.54, 1.807) is 24.3 Å². The number of halogens is 6. The summed E-state index contributed by atoms with van der Waals surface area (Å²) in [5, 5.41) is 34.3. The van der Waals surface area contributed by atoms with E-state index in [0.29, 0.717) is 75.8 Å².